The average molecular weight is 499 g/mol. The molecule has 9 heteroatoms. The summed E-state index contributed by atoms with van der Waals surface area (Å²) in [6.45, 7) is 7.04. The molecule has 1 N–H and O–H groups in total. The molecule has 0 unspecified atom stereocenters. The van der Waals surface area contributed by atoms with Gasteiger partial charge < -0.3 is 14.8 Å². The molecule has 0 heterocycles. The van der Waals surface area contributed by atoms with Crippen molar-refractivity contribution in [3.05, 3.63) is 52.0 Å². The standard InChI is InChI=1S/C21H27BrN2O5S/c1-5-24(6-2)30(26,27)17-10-8-15(9-11-17)14-23-21(25)16-12-18(22)20(29-7-3)19(13-16)28-4/h8-13H,5-7,14H2,1-4H3,(H,23,25). The molecule has 0 aromatic heterocycles. The Morgan fingerprint density at radius 1 is 1.10 bits per heavy atom. The highest BCUT2D eigenvalue weighted by Crippen LogP contribution is 2.36. The fourth-order valence-corrected chi connectivity index (χ4v) is 4.93. The van der Waals surface area contributed by atoms with Crippen molar-refractivity contribution in [1.82, 2.24) is 9.62 Å². The van der Waals surface area contributed by atoms with Crippen LogP contribution in [0.1, 0.15) is 36.7 Å². The summed E-state index contributed by atoms with van der Waals surface area (Å²) in [5.41, 5.74) is 1.21. The first kappa shape index (κ1) is 24.2. The molecule has 0 bridgehead atoms. The van der Waals surface area contributed by atoms with E-state index in [1.54, 1.807) is 50.2 Å². The molecule has 0 saturated heterocycles. The first-order chi connectivity index (χ1) is 14.3. The van der Waals surface area contributed by atoms with Gasteiger partial charge in [-0.15, -0.1) is 0 Å². The number of amides is 1. The second-order valence-electron chi connectivity index (χ2n) is 6.34. The highest BCUT2D eigenvalue weighted by atomic mass is 79.9. The van der Waals surface area contributed by atoms with Gasteiger partial charge in [-0.3, -0.25) is 4.79 Å². The maximum Gasteiger partial charge on any atom is 0.251 e. The van der Waals surface area contributed by atoms with E-state index < -0.39 is 10.0 Å². The number of sulfonamides is 1. The summed E-state index contributed by atoms with van der Waals surface area (Å²) >= 11 is 3.41. The normalized spacial score (nSPS) is 11.4. The number of nitrogens with one attached hydrogen (secondary N) is 1. The van der Waals surface area contributed by atoms with Crippen molar-refractivity contribution >= 4 is 31.9 Å². The van der Waals surface area contributed by atoms with Crippen molar-refractivity contribution in [1.29, 1.82) is 0 Å². The minimum Gasteiger partial charge on any atom is -0.493 e. The predicted molar refractivity (Wildman–Crippen MR) is 120 cm³/mol. The number of ether oxygens (including phenoxy) is 2. The maximum absolute atomic E-state index is 12.6. The Labute approximate surface area is 186 Å². The number of carbonyl (C=O) groups excluding carboxylic acids is 1. The van der Waals surface area contributed by atoms with Gasteiger partial charge in [0.25, 0.3) is 5.91 Å². The van der Waals surface area contributed by atoms with Crippen LogP contribution in [0.25, 0.3) is 0 Å². The van der Waals surface area contributed by atoms with Gasteiger partial charge in [0.05, 0.1) is 23.1 Å². The number of halogens is 1. The third-order valence-electron chi connectivity index (χ3n) is 4.50. The van der Waals surface area contributed by atoms with Crippen molar-refractivity contribution in [2.75, 3.05) is 26.8 Å². The Bertz CT molecular complexity index is 974. The summed E-state index contributed by atoms with van der Waals surface area (Å²) in [6, 6.07) is 9.81. The van der Waals surface area contributed by atoms with E-state index in [2.05, 4.69) is 21.2 Å². The van der Waals surface area contributed by atoms with Crippen LogP contribution in [-0.2, 0) is 16.6 Å². The second-order valence-corrected chi connectivity index (χ2v) is 9.13. The molecule has 0 saturated carbocycles. The number of methoxy groups -OCH3 is 1. The van der Waals surface area contributed by atoms with Crippen LogP contribution in [0.5, 0.6) is 11.5 Å². The zero-order chi connectivity index (χ0) is 22.3. The molecule has 0 aliphatic heterocycles. The molecular weight excluding hydrogens is 472 g/mol. The molecule has 0 aliphatic rings. The van der Waals surface area contributed by atoms with Crippen LogP contribution < -0.4 is 14.8 Å². The lowest BCUT2D eigenvalue weighted by molar-refractivity contribution is 0.0950. The van der Waals surface area contributed by atoms with Gasteiger partial charge in [0.15, 0.2) is 11.5 Å². The molecular formula is C21H27BrN2O5S. The number of hydrogen-bond donors (Lipinski definition) is 1. The summed E-state index contributed by atoms with van der Waals surface area (Å²) in [6.07, 6.45) is 0. The van der Waals surface area contributed by atoms with Gasteiger partial charge in [0.2, 0.25) is 10.0 Å². The topological polar surface area (TPSA) is 84.9 Å². The van der Waals surface area contributed by atoms with E-state index in [9.17, 15) is 13.2 Å². The molecule has 2 rings (SSSR count). The third kappa shape index (κ3) is 5.53. The lowest BCUT2D eigenvalue weighted by Gasteiger charge is -2.18. The Balaban J connectivity index is 2.11. The zero-order valence-corrected chi connectivity index (χ0v) is 20.0. The Kier molecular flexibility index (Phi) is 8.69. The third-order valence-corrected chi connectivity index (χ3v) is 7.15. The van der Waals surface area contributed by atoms with Crippen LogP contribution in [0.15, 0.2) is 45.8 Å². The Hall–Kier alpha value is -2.10. The Morgan fingerprint density at radius 2 is 1.73 bits per heavy atom. The van der Waals surface area contributed by atoms with Gasteiger partial charge in [0, 0.05) is 25.2 Å². The van der Waals surface area contributed by atoms with Crippen molar-refractivity contribution in [3.63, 3.8) is 0 Å². The average Bonchev–Trinajstić information content (AvgIpc) is 2.74. The first-order valence-electron chi connectivity index (χ1n) is 9.66. The van der Waals surface area contributed by atoms with Gasteiger partial charge >= 0.3 is 0 Å². The summed E-state index contributed by atoms with van der Waals surface area (Å²) in [5.74, 6) is 0.723. The van der Waals surface area contributed by atoms with Crippen LogP contribution >= 0.6 is 15.9 Å². The van der Waals surface area contributed by atoms with Crippen LogP contribution in [-0.4, -0.2) is 45.4 Å². The molecule has 2 aromatic carbocycles. The van der Waals surface area contributed by atoms with Crippen molar-refractivity contribution in [2.24, 2.45) is 0 Å². The molecule has 0 fully saturated rings. The fraction of sp³-hybridized carbons (Fsp3) is 0.381. The largest absolute Gasteiger partial charge is 0.493 e. The SMILES string of the molecule is CCOc1c(Br)cc(C(=O)NCc2ccc(S(=O)(=O)N(CC)CC)cc2)cc1OC. The highest BCUT2D eigenvalue weighted by molar-refractivity contribution is 9.10. The lowest BCUT2D eigenvalue weighted by Crippen LogP contribution is -2.30. The lowest BCUT2D eigenvalue weighted by atomic mass is 10.1. The molecule has 0 spiro atoms. The first-order valence-corrected chi connectivity index (χ1v) is 11.9. The molecule has 164 valence electrons. The number of rotatable bonds is 10. The monoisotopic (exact) mass is 498 g/mol. The van der Waals surface area contributed by atoms with Crippen LogP contribution in [0.4, 0.5) is 0 Å². The van der Waals surface area contributed by atoms with Crippen molar-refractivity contribution in [3.8, 4) is 11.5 Å². The molecule has 7 nitrogen and oxygen atoms in total. The van der Waals surface area contributed by atoms with Gasteiger partial charge in [-0.1, -0.05) is 26.0 Å². The van der Waals surface area contributed by atoms with E-state index in [1.807, 2.05) is 6.92 Å². The zero-order valence-electron chi connectivity index (χ0n) is 17.6. The van der Waals surface area contributed by atoms with E-state index in [4.69, 9.17) is 9.47 Å². The van der Waals surface area contributed by atoms with E-state index >= 15 is 0 Å². The second kappa shape index (κ2) is 10.8. The van der Waals surface area contributed by atoms with Gasteiger partial charge in [-0.05, 0) is 52.7 Å². The number of hydrogen-bond acceptors (Lipinski definition) is 5. The maximum atomic E-state index is 12.6. The summed E-state index contributed by atoms with van der Waals surface area (Å²) in [4.78, 5) is 12.8. The quantitative estimate of drug-likeness (QED) is 0.538. The van der Waals surface area contributed by atoms with Crippen LogP contribution in [0.2, 0.25) is 0 Å². The number of benzene rings is 2. The van der Waals surface area contributed by atoms with E-state index in [1.165, 1.54) is 11.4 Å². The summed E-state index contributed by atoms with van der Waals surface area (Å²) in [5, 5.41) is 2.83. The minimum absolute atomic E-state index is 0.237. The van der Waals surface area contributed by atoms with E-state index in [-0.39, 0.29) is 17.3 Å². The number of nitrogens with zero attached hydrogens (tertiary/aromatic N) is 1. The summed E-state index contributed by atoms with van der Waals surface area (Å²) in [7, 11) is -1.98. The van der Waals surface area contributed by atoms with Crippen LogP contribution in [0, 0.1) is 0 Å². The molecule has 2 aromatic rings. The molecule has 30 heavy (non-hydrogen) atoms. The predicted octanol–water partition coefficient (Wildman–Crippen LogP) is 3.82. The smallest absolute Gasteiger partial charge is 0.251 e. The Morgan fingerprint density at radius 3 is 2.27 bits per heavy atom. The van der Waals surface area contributed by atoms with E-state index in [0.29, 0.717) is 41.2 Å². The molecule has 0 radical (unpaired) electrons. The van der Waals surface area contributed by atoms with Gasteiger partial charge in [-0.25, -0.2) is 8.42 Å². The molecule has 0 atom stereocenters. The van der Waals surface area contributed by atoms with Gasteiger partial charge in [-0.2, -0.15) is 4.31 Å². The number of carbonyl (C=O) groups is 1. The highest BCUT2D eigenvalue weighted by Gasteiger charge is 2.21. The fourth-order valence-electron chi connectivity index (χ4n) is 2.91. The van der Waals surface area contributed by atoms with Crippen LogP contribution in [0.3, 0.4) is 0 Å². The van der Waals surface area contributed by atoms with E-state index in [0.717, 1.165) is 5.56 Å². The van der Waals surface area contributed by atoms with Crippen molar-refractivity contribution < 1.29 is 22.7 Å². The minimum atomic E-state index is -3.50. The molecule has 0 aliphatic carbocycles. The molecule has 1 amide bonds. The van der Waals surface area contributed by atoms with Gasteiger partial charge in [0.1, 0.15) is 0 Å². The van der Waals surface area contributed by atoms with Crippen molar-refractivity contribution in [2.45, 2.75) is 32.2 Å². The summed E-state index contributed by atoms with van der Waals surface area (Å²) < 4.78 is 38.0.